The maximum atomic E-state index is 12.3. The van der Waals surface area contributed by atoms with Crippen molar-refractivity contribution in [3.05, 3.63) is 29.8 Å². The van der Waals surface area contributed by atoms with E-state index in [1.807, 2.05) is 36.2 Å². The first kappa shape index (κ1) is 17.9. The Labute approximate surface area is 151 Å². The van der Waals surface area contributed by atoms with E-state index in [1.54, 1.807) is 0 Å². The number of benzene rings is 1. The molecule has 1 amide bonds. The number of nitrogens with zero attached hydrogens (tertiary/aromatic N) is 3. The fraction of sp³-hybridized carbons (Fsp3) is 0.600. The molecule has 1 N–H and O–H groups in total. The topological polar surface area (TPSA) is 47.9 Å². The second-order valence-corrected chi connectivity index (χ2v) is 7.12. The standard InChI is InChI=1S/C20H30N4O/c1-17-11-16-24(22-17)19-9-7-18(8-10-19)20(25)21-12-6-15-23-13-4-2-3-5-14-23/h7-10H,2-6,11-16H2,1H3,(H,21,25). The quantitative estimate of drug-likeness (QED) is 0.807. The average Bonchev–Trinajstić information content (AvgIpc) is 2.90. The smallest absolute Gasteiger partial charge is 0.251 e. The zero-order valence-corrected chi connectivity index (χ0v) is 15.3. The highest BCUT2D eigenvalue weighted by Gasteiger charge is 2.13. The van der Waals surface area contributed by atoms with Gasteiger partial charge in [0.15, 0.2) is 0 Å². The predicted octanol–water partition coefficient (Wildman–Crippen LogP) is 3.27. The highest BCUT2D eigenvalue weighted by molar-refractivity contribution is 5.94. The molecule has 0 bridgehead atoms. The van der Waals surface area contributed by atoms with Crippen molar-refractivity contribution in [2.24, 2.45) is 5.10 Å². The van der Waals surface area contributed by atoms with Gasteiger partial charge in [0, 0.05) is 30.8 Å². The number of anilines is 1. The summed E-state index contributed by atoms with van der Waals surface area (Å²) in [5.41, 5.74) is 2.93. The maximum Gasteiger partial charge on any atom is 0.251 e. The molecule has 5 heteroatoms. The van der Waals surface area contributed by atoms with Gasteiger partial charge in [0.1, 0.15) is 0 Å². The van der Waals surface area contributed by atoms with Crippen LogP contribution in [0.2, 0.25) is 0 Å². The molecule has 2 aliphatic rings. The van der Waals surface area contributed by atoms with Crippen LogP contribution in [0, 0.1) is 0 Å². The Morgan fingerprint density at radius 3 is 2.44 bits per heavy atom. The molecule has 0 aromatic heterocycles. The summed E-state index contributed by atoms with van der Waals surface area (Å²) in [6.45, 7) is 7.24. The lowest BCUT2D eigenvalue weighted by Gasteiger charge is -2.19. The lowest BCUT2D eigenvalue weighted by molar-refractivity contribution is 0.0951. The number of hydrazone groups is 1. The van der Waals surface area contributed by atoms with Crippen LogP contribution in [0.5, 0.6) is 0 Å². The van der Waals surface area contributed by atoms with Gasteiger partial charge in [0.25, 0.3) is 5.91 Å². The van der Waals surface area contributed by atoms with E-state index in [0.717, 1.165) is 49.4 Å². The number of nitrogens with one attached hydrogen (secondary N) is 1. The van der Waals surface area contributed by atoms with E-state index in [0.29, 0.717) is 0 Å². The molecule has 2 heterocycles. The summed E-state index contributed by atoms with van der Waals surface area (Å²) in [5.74, 6) is 0.0171. The molecular weight excluding hydrogens is 312 g/mol. The average molecular weight is 342 g/mol. The molecule has 0 atom stereocenters. The van der Waals surface area contributed by atoms with Crippen molar-refractivity contribution in [3.63, 3.8) is 0 Å². The molecule has 0 saturated carbocycles. The molecule has 3 rings (SSSR count). The summed E-state index contributed by atoms with van der Waals surface area (Å²) in [6.07, 6.45) is 7.40. The Morgan fingerprint density at radius 2 is 1.80 bits per heavy atom. The van der Waals surface area contributed by atoms with Crippen LogP contribution < -0.4 is 10.3 Å². The van der Waals surface area contributed by atoms with Crippen molar-refractivity contribution in [2.75, 3.05) is 37.7 Å². The van der Waals surface area contributed by atoms with Crippen LogP contribution in [-0.4, -0.2) is 49.2 Å². The van der Waals surface area contributed by atoms with Crippen LogP contribution >= 0.6 is 0 Å². The van der Waals surface area contributed by atoms with Crippen molar-refractivity contribution < 1.29 is 4.79 Å². The first-order valence-corrected chi connectivity index (χ1v) is 9.64. The molecule has 5 nitrogen and oxygen atoms in total. The summed E-state index contributed by atoms with van der Waals surface area (Å²) in [4.78, 5) is 14.8. The summed E-state index contributed by atoms with van der Waals surface area (Å²) in [5, 5.41) is 9.53. The Balaban J connectivity index is 1.40. The van der Waals surface area contributed by atoms with E-state index < -0.39 is 0 Å². The van der Waals surface area contributed by atoms with Gasteiger partial charge in [0.05, 0.1) is 5.69 Å². The molecule has 0 aliphatic carbocycles. The van der Waals surface area contributed by atoms with E-state index in [4.69, 9.17) is 0 Å². The molecule has 0 unspecified atom stereocenters. The number of hydrogen-bond donors (Lipinski definition) is 1. The number of rotatable bonds is 6. The highest BCUT2D eigenvalue weighted by atomic mass is 16.1. The minimum atomic E-state index is 0.0171. The van der Waals surface area contributed by atoms with Crippen molar-refractivity contribution in [2.45, 2.75) is 45.4 Å². The SMILES string of the molecule is CC1=NN(c2ccc(C(=O)NCCCN3CCCCCC3)cc2)CC1. The molecule has 136 valence electrons. The fourth-order valence-corrected chi connectivity index (χ4v) is 3.51. The van der Waals surface area contributed by atoms with E-state index >= 15 is 0 Å². The van der Waals surface area contributed by atoms with Gasteiger partial charge in [-0.25, -0.2) is 0 Å². The normalized spacial score (nSPS) is 18.8. The molecular formula is C20H30N4O. The molecule has 1 fully saturated rings. The number of hydrogen-bond acceptors (Lipinski definition) is 4. The first-order valence-electron chi connectivity index (χ1n) is 9.64. The Hall–Kier alpha value is -1.88. The van der Waals surface area contributed by atoms with Gasteiger partial charge in [-0.05, 0) is 70.1 Å². The third-order valence-electron chi connectivity index (χ3n) is 5.04. The molecule has 1 aromatic carbocycles. The summed E-state index contributed by atoms with van der Waals surface area (Å²) >= 11 is 0. The highest BCUT2D eigenvalue weighted by Crippen LogP contribution is 2.19. The van der Waals surface area contributed by atoms with Crippen LogP contribution in [0.15, 0.2) is 29.4 Å². The molecule has 0 radical (unpaired) electrons. The molecule has 2 aliphatic heterocycles. The van der Waals surface area contributed by atoms with Gasteiger partial charge in [-0.15, -0.1) is 0 Å². The zero-order chi connectivity index (χ0) is 17.5. The van der Waals surface area contributed by atoms with Crippen LogP contribution in [0.25, 0.3) is 0 Å². The van der Waals surface area contributed by atoms with Crippen LogP contribution in [-0.2, 0) is 0 Å². The van der Waals surface area contributed by atoms with E-state index in [1.165, 1.54) is 38.8 Å². The first-order chi connectivity index (χ1) is 12.2. The third kappa shape index (κ3) is 5.30. The number of carbonyl (C=O) groups is 1. The van der Waals surface area contributed by atoms with E-state index in [2.05, 4.69) is 15.3 Å². The second-order valence-electron chi connectivity index (χ2n) is 7.12. The van der Waals surface area contributed by atoms with Gasteiger partial charge in [-0.1, -0.05) is 12.8 Å². The van der Waals surface area contributed by atoms with Gasteiger partial charge in [-0.2, -0.15) is 5.10 Å². The predicted molar refractivity (Wildman–Crippen MR) is 103 cm³/mol. The lowest BCUT2D eigenvalue weighted by Crippen LogP contribution is -2.30. The largest absolute Gasteiger partial charge is 0.352 e. The lowest BCUT2D eigenvalue weighted by atomic mass is 10.2. The Morgan fingerprint density at radius 1 is 1.08 bits per heavy atom. The summed E-state index contributed by atoms with van der Waals surface area (Å²) < 4.78 is 0. The van der Waals surface area contributed by atoms with Gasteiger partial charge >= 0.3 is 0 Å². The number of likely N-dealkylation sites (tertiary alicyclic amines) is 1. The van der Waals surface area contributed by atoms with Crippen molar-refractivity contribution in [3.8, 4) is 0 Å². The van der Waals surface area contributed by atoms with Gasteiger partial charge in [0.2, 0.25) is 0 Å². The Kier molecular flexibility index (Phi) is 6.45. The minimum Gasteiger partial charge on any atom is -0.352 e. The Bertz CT molecular complexity index is 588. The zero-order valence-electron chi connectivity index (χ0n) is 15.3. The van der Waals surface area contributed by atoms with E-state index in [9.17, 15) is 4.79 Å². The summed E-state index contributed by atoms with van der Waals surface area (Å²) in [6, 6.07) is 7.74. The van der Waals surface area contributed by atoms with Crippen LogP contribution in [0.4, 0.5) is 5.69 Å². The van der Waals surface area contributed by atoms with E-state index in [-0.39, 0.29) is 5.91 Å². The minimum absolute atomic E-state index is 0.0171. The van der Waals surface area contributed by atoms with Crippen molar-refractivity contribution in [1.29, 1.82) is 0 Å². The van der Waals surface area contributed by atoms with Gasteiger partial charge in [-0.3, -0.25) is 9.80 Å². The molecule has 1 saturated heterocycles. The van der Waals surface area contributed by atoms with Crippen molar-refractivity contribution >= 4 is 17.3 Å². The fourth-order valence-electron chi connectivity index (χ4n) is 3.51. The third-order valence-corrected chi connectivity index (χ3v) is 5.04. The van der Waals surface area contributed by atoms with Crippen LogP contribution in [0.3, 0.4) is 0 Å². The second kappa shape index (κ2) is 8.99. The van der Waals surface area contributed by atoms with Crippen molar-refractivity contribution in [1.82, 2.24) is 10.2 Å². The molecule has 25 heavy (non-hydrogen) atoms. The number of carbonyl (C=O) groups excluding carboxylic acids is 1. The number of amides is 1. The molecule has 0 spiro atoms. The summed E-state index contributed by atoms with van der Waals surface area (Å²) in [7, 11) is 0. The van der Waals surface area contributed by atoms with Gasteiger partial charge < -0.3 is 10.2 Å². The molecule has 1 aromatic rings. The maximum absolute atomic E-state index is 12.3. The van der Waals surface area contributed by atoms with Crippen LogP contribution in [0.1, 0.15) is 55.8 Å². The monoisotopic (exact) mass is 342 g/mol.